The molecule has 1 unspecified atom stereocenters. The van der Waals surface area contributed by atoms with E-state index in [9.17, 15) is 19.8 Å². The number of aliphatic hydroxyl groups excluding tert-OH is 2. The molecule has 2 aromatic rings. The minimum Gasteiger partial charge on any atom is -0.469 e. The predicted octanol–water partition coefficient (Wildman–Crippen LogP) is 5.51. The number of thiophene rings is 1. The number of aliphatic hydroxyl groups is 2. The summed E-state index contributed by atoms with van der Waals surface area (Å²) in [5.74, 6) is -0.483. The third-order valence-electron chi connectivity index (χ3n) is 6.48. The number of benzene rings is 1. The average Bonchev–Trinajstić information content (AvgIpc) is 3.33. The number of fused-ring (bicyclic) bond motifs is 1. The van der Waals surface area contributed by atoms with E-state index in [1.165, 1.54) is 7.11 Å². The minimum absolute atomic E-state index is 0.0480. The Balaban J connectivity index is 1.54. The number of rotatable bonds is 12. The maximum absolute atomic E-state index is 12.6. The maximum atomic E-state index is 12.6. The fourth-order valence-corrected chi connectivity index (χ4v) is 6.08. The number of esters is 1. The van der Waals surface area contributed by atoms with E-state index in [4.69, 9.17) is 11.6 Å². The van der Waals surface area contributed by atoms with Crippen LogP contribution < -0.4 is 0 Å². The van der Waals surface area contributed by atoms with Crippen molar-refractivity contribution in [2.24, 2.45) is 17.8 Å². The normalized spacial score (nSPS) is 21.8. The number of hydrogen-bond donors (Lipinski definition) is 2. The highest BCUT2D eigenvalue weighted by atomic mass is 35.5. The van der Waals surface area contributed by atoms with Crippen molar-refractivity contribution in [3.63, 3.8) is 0 Å². The molecule has 1 fully saturated rings. The number of allylic oxidation sites excluding steroid dienone is 3. The molecular weight excluding hydrogens is 472 g/mol. The van der Waals surface area contributed by atoms with Crippen LogP contribution in [0.4, 0.5) is 0 Å². The van der Waals surface area contributed by atoms with Crippen LogP contribution in [0.3, 0.4) is 0 Å². The number of unbranched alkanes of at least 4 members (excludes halogenated alkanes) is 1. The molecule has 0 bridgehead atoms. The molecule has 0 saturated heterocycles. The quantitative estimate of drug-likeness (QED) is 0.226. The van der Waals surface area contributed by atoms with Gasteiger partial charge in [-0.15, -0.1) is 11.3 Å². The Bertz CT molecular complexity index is 1030. The Kier molecular flexibility index (Phi) is 10.3. The van der Waals surface area contributed by atoms with E-state index in [0.29, 0.717) is 38.5 Å². The fourth-order valence-electron chi connectivity index (χ4n) is 4.54. The standard InChI is InChI=1S/C27H33ClO5S/c1-33-26(32)11-5-3-2-4-8-21-20(18(17-29)16-23(21)31)14-12-19(30)13-15-25-27(28)22-9-6-7-10-24(22)34-25/h2,4,6-7,9-10,12,14,18-21,29-30H,3,5,8,11,13,15-17H2,1H3/t18-,19?,20-,21+/m0/s1. The first-order valence-corrected chi connectivity index (χ1v) is 13.0. The summed E-state index contributed by atoms with van der Waals surface area (Å²) in [6.45, 7) is -0.0480. The van der Waals surface area contributed by atoms with Gasteiger partial charge in [0.2, 0.25) is 0 Å². The number of carbonyl (C=O) groups is 2. The summed E-state index contributed by atoms with van der Waals surface area (Å²) in [6.07, 6.45) is 11.0. The number of ketones is 1. The summed E-state index contributed by atoms with van der Waals surface area (Å²) >= 11 is 8.17. The van der Waals surface area contributed by atoms with Gasteiger partial charge in [0, 0.05) is 40.3 Å². The summed E-state index contributed by atoms with van der Waals surface area (Å²) in [6, 6.07) is 8.02. The highest BCUT2D eigenvalue weighted by Crippen LogP contribution is 2.38. The van der Waals surface area contributed by atoms with Crippen LogP contribution in [-0.4, -0.2) is 41.8 Å². The lowest BCUT2D eigenvalue weighted by atomic mass is 9.86. The van der Waals surface area contributed by atoms with Crippen LogP contribution in [0.5, 0.6) is 0 Å². The van der Waals surface area contributed by atoms with Crippen LogP contribution in [0.2, 0.25) is 5.02 Å². The summed E-state index contributed by atoms with van der Waals surface area (Å²) < 4.78 is 5.78. The Morgan fingerprint density at radius 2 is 2.12 bits per heavy atom. The molecule has 5 nitrogen and oxygen atoms in total. The Morgan fingerprint density at radius 3 is 2.85 bits per heavy atom. The number of halogens is 1. The second-order valence-corrected chi connectivity index (χ2v) is 10.3. The van der Waals surface area contributed by atoms with Crippen LogP contribution in [0, 0.1) is 17.8 Å². The average molecular weight is 505 g/mol. The van der Waals surface area contributed by atoms with Crippen molar-refractivity contribution in [3.8, 4) is 0 Å². The van der Waals surface area contributed by atoms with E-state index in [1.807, 2.05) is 42.5 Å². The van der Waals surface area contributed by atoms with E-state index < -0.39 is 6.10 Å². The first-order valence-electron chi connectivity index (χ1n) is 11.8. The smallest absolute Gasteiger partial charge is 0.305 e. The van der Waals surface area contributed by atoms with Crippen molar-refractivity contribution < 1.29 is 24.5 Å². The molecule has 4 atom stereocenters. The lowest BCUT2D eigenvalue weighted by molar-refractivity contribution is -0.140. The summed E-state index contributed by atoms with van der Waals surface area (Å²) in [5.41, 5.74) is 0. The lowest BCUT2D eigenvalue weighted by Crippen LogP contribution is -2.18. The molecule has 0 amide bonds. The van der Waals surface area contributed by atoms with Gasteiger partial charge in [-0.2, -0.15) is 0 Å². The van der Waals surface area contributed by atoms with Gasteiger partial charge in [0.05, 0.1) is 18.2 Å². The zero-order valence-corrected chi connectivity index (χ0v) is 21.1. The SMILES string of the molecule is COC(=O)CCCC=CC[C@H]1C(=O)C[C@@H](CO)[C@@H]1C=CC(O)CCc1sc2ccccc2c1Cl. The number of ether oxygens (including phenoxy) is 1. The van der Waals surface area contributed by atoms with Crippen molar-refractivity contribution >= 4 is 44.8 Å². The van der Waals surface area contributed by atoms with Crippen molar-refractivity contribution in [1.29, 1.82) is 0 Å². The summed E-state index contributed by atoms with van der Waals surface area (Å²) in [4.78, 5) is 24.8. The van der Waals surface area contributed by atoms with Gasteiger partial charge in [-0.3, -0.25) is 9.59 Å². The van der Waals surface area contributed by atoms with E-state index in [1.54, 1.807) is 17.4 Å². The highest BCUT2D eigenvalue weighted by molar-refractivity contribution is 7.19. The van der Waals surface area contributed by atoms with Crippen LogP contribution in [0.1, 0.15) is 43.4 Å². The van der Waals surface area contributed by atoms with E-state index >= 15 is 0 Å². The molecule has 2 N–H and O–H groups in total. The molecule has 1 aliphatic rings. The molecule has 0 spiro atoms. The molecule has 1 saturated carbocycles. The Labute approximate surface area is 210 Å². The highest BCUT2D eigenvalue weighted by Gasteiger charge is 2.39. The van der Waals surface area contributed by atoms with E-state index in [0.717, 1.165) is 26.4 Å². The van der Waals surface area contributed by atoms with E-state index in [-0.39, 0.29) is 36.1 Å². The Morgan fingerprint density at radius 1 is 1.32 bits per heavy atom. The maximum Gasteiger partial charge on any atom is 0.305 e. The molecule has 1 heterocycles. The molecular formula is C27H33ClO5S. The van der Waals surface area contributed by atoms with Crippen LogP contribution in [0.15, 0.2) is 48.6 Å². The van der Waals surface area contributed by atoms with Crippen LogP contribution >= 0.6 is 22.9 Å². The second kappa shape index (κ2) is 13.2. The molecule has 0 radical (unpaired) electrons. The first kappa shape index (κ1) is 26.6. The van der Waals surface area contributed by atoms with Crippen molar-refractivity contribution in [1.82, 2.24) is 0 Å². The fraction of sp³-hybridized carbons (Fsp3) is 0.481. The number of methoxy groups -OCH3 is 1. The van der Waals surface area contributed by atoms with Crippen LogP contribution in [0.25, 0.3) is 10.1 Å². The zero-order valence-electron chi connectivity index (χ0n) is 19.5. The molecule has 7 heteroatoms. The number of Topliss-reactive ketones (excluding diaryl/α,β-unsaturated/α-hetero) is 1. The molecule has 3 rings (SSSR count). The van der Waals surface area contributed by atoms with E-state index in [2.05, 4.69) is 4.74 Å². The van der Waals surface area contributed by atoms with Gasteiger partial charge in [0.15, 0.2) is 0 Å². The van der Waals surface area contributed by atoms with Gasteiger partial charge >= 0.3 is 5.97 Å². The zero-order chi connectivity index (χ0) is 24.5. The van der Waals surface area contributed by atoms with Gasteiger partial charge in [-0.25, -0.2) is 0 Å². The monoisotopic (exact) mass is 504 g/mol. The number of hydrogen-bond acceptors (Lipinski definition) is 6. The molecule has 34 heavy (non-hydrogen) atoms. The van der Waals surface area contributed by atoms with Gasteiger partial charge < -0.3 is 14.9 Å². The third-order valence-corrected chi connectivity index (χ3v) is 8.25. The predicted molar refractivity (Wildman–Crippen MR) is 137 cm³/mol. The third kappa shape index (κ3) is 7.01. The van der Waals surface area contributed by atoms with Crippen molar-refractivity contribution in [2.45, 2.75) is 51.0 Å². The van der Waals surface area contributed by atoms with Crippen LogP contribution in [-0.2, 0) is 20.7 Å². The number of aryl methyl sites for hydroxylation is 1. The molecule has 1 aromatic carbocycles. The largest absolute Gasteiger partial charge is 0.469 e. The van der Waals surface area contributed by atoms with Crippen molar-refractivity contribution in [3.05, 3.63) is 58.5 Å². The molecule has 1 aliphatic carbocycles. The summed E-state index contributed by atoms with van der Waals surface area (Å²) in [5, 5.41) is 22.2. The lowest BCUT2D eigenvalue weighted by Gasteiger charge is -2.19. The Hall–Kier alpha value is -1.99. The van der Waals surface area contributed by atoms with Crippen molar-refractivity contribution in [2.75, 3.05) is 13.7 Å². The first-order chi connectivity index (χ1) is 16.4. The molecule has 0 aliphatic heterocycles. The second-order valence-electron chi connectivity index (χ2n) is 8.80. The summed E-state index contributed by atoms with van der Waals surface area (Å²) in [7, 11) is 1.38. The minimum atomic E-state index is -0.647. The van der Waals surface area contributed by atoms with Gasteiger partial charge in [-0.05, 0) is 50.0 Å². The molecule has 184 valence electrons. The molecule has 1 aromatic heterocycles. The topological polar surface area (TPSA) is 83.8 Å². The van der Waals surface area contributed by atoms with Gasteiger partial charge in [0.25, 0.3) is 0 Å². The van der Waals surface area contributed by atoms with Gasteiger partial charge in [-0.1, -0.05) is 54.1 Å². The van der Waals surface area contributed by atoms with Gasteiger partial charge in [0.1, 0.15) is 5.78 Å². The number of carbonyl (C=O) groups excluding carboxylic acids is 2.